The van der Waals surface area contributed by atoms with Gasteiger partial charge >= 0.3 is 5.97 Å². The van der Waals surface area contributed by atoms with E-state index in [9.17, 15) is 14.4 Å². The van der Waals surface area contributed by atoms with Crippen molar-refractivity contribution in [3.63, 3.8) is 0 Å². The van der Waals surface area contributed by atoms with Gasteiger partial charge in [-0.05, 0) is 36.4 Å². The molecule has 0 unspecified atom stereocenters. The summed E-state index contributed by atoms with van der Waals surface area (Å²) < 4.78 is 5.94. The molecule has 0 radical (unpaired) electrons. The van der Waals surface area contributed by atoms with Gasteiger partial charge in [-0.15, -0.1) is 11.3 Å². The highest BCUT2D eigenvalue weighted by Crippen LogP contribution is 2.35. The van der Waals surface area contributed by atoms with Crippen LogP contribution in [-0.4, -0.2) is 24.4 Å². The first kappa shape index (κ1) is 19.6. The third kappa shape index (κ3) is 4.76. The molecule has 142 valence electrons. The van der Waals surface area contributed by atoms with Crippen molar-refractivity contribution in [3.8, 4) is 0 Å². The number of hydrogen-bond acceptors (Lipinski definition) is 5. The largest absolute Gasteiger partial charge is 0.452 e. The van der Waals surface area contributed by atoms with Crippen molar-refractivity contribution in [1.29, 1.82) is 0 Å². The summed E-state index contributed by atoms with van der Waals surface area (Å²) >= 11 is 7.76. The molecular formula is C20H15ClN2O4S. The van der Waals surface area contributed by atoms with Crippen LogP contribution in [0, 0.1) is 0 Å². The zero-order valence-corrected chi connectivity index (χ0v) is 16.0. The highest BCUT2D eigenvalue weighted by Gasteiger charge is 2.09. The maximum Gasteiger partial charge on any atom is 0.331 e. The summed E-state index contributed by atoms with van der Waals surface area (Å²) in [6, 6.07) is 13.7. The highest BCUT2D eigenvalue weighted by molar-refractivity contribution is 7.20. The first-order valence-electron chi connectivity index (χ1n) is 8.15. The van der Waals surface area contributed by atoms with Gasteiger partial charge in [-0.3, -0.25) is 9.59 Å². The molecule has 0 aliphatic rings. The van der Waals surface area contributed by atoms with Crippen LogP contribution in [0.4, 0.5) is 5.69 Å². The van der Waals surface area contributed by atoms with Gasteiger partial charge in [-0.2, -0.15) is 0 Å². The molecule has 2 aromatic carbocycles. The fraction of sp³-hybridized carbons (Fsp3) is 0.0500. The maximum atomic E-state index is 11.9. The summed E-state index contributed by atoms with van der Waals surface area (Å²) in [5.41, 5.74) is 5.94. The van der Waals surface area contributed by atoms with E-state index in [1.807, 2.05) is 24.3 Å². The Morgan fingerprint density at radius 1 is 1.11 bits per heavy atom. The van der Waals surface area contributed by atoms with E-state index in [0.717, 1.165) is 15.0 Å². The van der Waals surface area contributed by atoms with Crippen LogP contribution in [0.1, 0.15) is 15.2 Å². The summed E-state index contributed by atoms with van der Waals surface area (Å²) in [6.45, 7) is -0.444. The molecule has 0 fully saturated rings. The van der Waals surface area contributed by atoms with Gasteiger partial charge < -0.3 is 15.8 Å². The molecule has 6 nitrogen and oxygen atoms in total. The summed E-state index contributed by atoms with van der Waals surface area (Å²) in [4.78, 5) is 35.4. The number of halogens is 1. The average molecular weight is 415 g/mol. The molecule has 0 aliphatic carbocycles. The van der Waals surface area contributed by atoms with Crippen LogP contribution < -0.4 is 11.1 Å². The second-order valence-electron chi connectivity index (χ2n) is 5.71. The summed E-state index contributed by atoms with van der Waals surface area (Å²) in [5.74, 6) is -1.72. The van der Waals surface area contributed by atoms with Crippen LogP contribution in [0.5, 0.6) is 0 Å². The molecule has 0 spiro atoms. The Balaban J connectivity index is 1.53. The minimum Gasteiger partial charge on any atom is -0.452 e. The van der Waals surface area contributed by atoms with E-state index in [0.29, 0.717) is 16.3 Å². The number of benzene rings is 2. The summed E-state index contributed by atoms with van der Waals surface area (Å²) in [6.07, 6.45) is 2.79. The standard InChI is InChI=1S/C20H15ClN2O4S/c21-19-14-3-1-2-4-15(14)28-16(19)9-10-18(25)27-11-17(24)23-13-7-5-12(6-8-13)20(22)26/h1-10H,11H2,(H2,22,26)(H,23,24)/b10-9+. The van der Waals surface area contributed by atoms with Crippen LogP contribution in [-0.2, 0) is 14.3 Å². The van der Waals surface area contributed by atoms with Crippen LogP contribution in [0.3, 0.4) is 0 Å². The Labute approximate surface area is 169 Å². The number of fused-ring (bicyclic) bond motifs is 1. The van der Waals surface area contributed by atoms with Gasteiger partial charge in [-0.1, -0.05) is 29.8 Å². The van der Waals surface area contributed by atoms with Crippen molar-refractivity contribution in [3.05, 3.63) is 70.1 Å². The lowest BCUT2D eigenvalue weighted by Gasteiger charge is -2.05. The lowest BCUT2D eigenvalue weighted by Crippen LogP contribution is -2.20. The summed E-state index contributed by atoms with van der Waals surface area (Å²) in [7, 11) is 0. The van der Waals surface area contributed by atoms with E-state index in [1.165, 1.54) is 41.7 Å². The molecule has 8 heteroatoms. The number of anilines is 1. The zero-order chi connectivity index (χ0) is 20.1. The number of thiophene rings is 1. The van der Waals surface area contributed by atoms with Gasteiger partial charge in [0, 0.05) is 32.3 Å². The first-order chi connectivity index (χ1) is 13.4. The fourth-order valence-corrected chi connectivity index (χ4v) is 3.78. The predicted molar refractivity (Wildman–Crippen MR) is 110 cm³/mol. The lowest BCUT2D eigenvalue weighted by molar-refractivity contribution is -0.142. The fourth-order valence-electron chi connectivity index (χ4n) is 2.38. The smallest absolute Gasteiger partial charge is 0.331 e. The van der Waals surface area contributed by atoms with E-state index in [-0.39, 0.29) is 0 Å². The van der Waals surface area contributed by atoms with Gasteiger partial charge in [0.05, 0.1) is 5.02 Å². The molecule has 0 saturated heterocycles. The second kappa shape index (κ2) is 8.69. The van der Waals surface area contributed by atoms with Gasteiger partial charge in [-0.25, -0.2) is 4.79 Å². The van der Waals surface area contributed by atoms with Crippen LogP contribution in [0.25, 0.3) is 16.2 Å². The van der Waals surface area contributed by atoms with Crippen molar-refractivity contribution in [1.82, 2.24) is 0 Å². The molecule has 1 heterocycles. The van der Waals surface area contributed by atoms with E-state index in [1.54, 1.807) is 6.08 Å². The number of rotatable bonds is 6. The molecular weight excluding hydrogens is 400 g/mol. The topological polar surface area (TPSA) is 98.5 Å². The monoisotopic (exact) mass is 414 g/mol. The van der Waals surface area contributed by atoms with Crippen LogP contribution >= 0.6 is 22.9 Å². The minimum absolute atomic E-state index is 0.328. The SMILES string of the molecule is NC(=O)c1ccc(NC(=O)COC(=O)/C=C/c2sc3ccccc3c2Cl)cc1. The van der Waals surface area contributed by atoms with Crippen molar-refractivity contribution in [2.45, 2.75) is 0 Å². The Bertz CT molecular complexity index is 1070. The zero-order valence-electron chi connectivity index (χ0n) is 14.5. The van der Waals surface area contributed by atoms with E-state index >= 15 is 0 Å². The van der Waals surface area contributed by atoms with E-state index in [4.69, 9.17) is 22.1 Å². The molecule has 0 bridgehead atoms. The predicted octanol–water partition coefficient (Wildman–Crippen LogP) is 3.85. The average Bonchev–Trinajstić information content (AvgIpc) is 3.01. The van der Waals surface area contributed by atoms with Gasteiger partial charge in [0.25, 0.3) is 5.91 Å². The molecule has 0 aliphatic heterocycles. The number of carbonyl (C=O) groups excluding carboxylic acids is 3. The molecule has 0 saturated carbocycles. The number of nitrogens with one attached hydrogen (secondary N) is 1. The molecule has 2 amide bonds. The number of nitrogens with two attached hydrogens (primary N) is 1. The Morgan fingerprint density at radius 2 is 1.82 bits per heavy atom. The maximum absolute atomic E-state index is 11.9. The Hall–Kier alpha value is -3.16. The highest BCUT2D eigenvalue weighted by atomic mass is 35.5. The third-order valence-corrected chi connectivity index (χ3v) is 5.38. The van der Waals surface area contributed by atoms with Gasteiger partial charge in [0.1, 0.15) is 0 Å². The van der Waals surface area contributed by atoms with E-state index < -0.39 is 24.4 Å². The van der Waals surface area contributed by atoms with Crippen molar-refractivity contribution in [2.24, 2.45) is 5.73 Å². The second-order valence-corrected chi connectivity index (χ2v) is 7.17. The quantitative estimate of drug-likeness (QED) is 0.472. The van der Waals surface area contributed by atoms with Crippen molar-refractivity contribution < 1.29 is 19.1 Å². The normalized spacial score (nSPS) is 10.9. The van der Waals surface area contributed by atoms with Gasteiger partial charge in [0.15, 0.2) is 6.61 Å². The van der Waals surface area contributed by atoms with Crippen LogP contribution in [0.2, 0.25) is 5.02 Å². The van der Waals surface area contributed by atoms with Gasteiger partial charge in [0.2, 0.25) is 5.91 Å². The number of hydrogen-bond donors (Lipinski definition) is 2. The molecule has 0 atom stereocenters. The lowest BCUT2D eigenvalue weighted by atomic mass is 10.2. The van der Waals surface area contributed by atoms with Crippen LogP contribution in [0.15, 0.2) is 54.6 Å². The number of ether oxygens (including phenoxy) is 1. The Kier molecular flexibility index (Phi) is 6.08. The van der Waals surface area contributed by atoms with Crippen molar-refractivity contribution >= 4 is 62.6 Å². The molecule has 3 aromatic rings. The Morgan fingerprint density at radius 3 is 2.50 bits per heavy atom. The molecule has 3 rings (SSSR count). The summed E-state index contributed by atoms with van der Waals surface area (Å²) in [5, 5.41) is 4.04. The molecule has 1 aromatic heterocycles. The number of esters is 1. The first-order valence-corrected chi connectivity index (χ1v) is 9.35. The number of amides is 2. The van der Waals surface area contributed by atoms with Crippen molar-refractivity contribution in [2.75, 3.05) is 11.9 Å². The number of carbonyl (C=O) groups is 3. The molecule has 28 heavy (non-hydrogen) atoms. The number of primary amides is 1. The molecule has 3 N–H and O–H groups in total. The minimum atomic E-state index is -0.659. The third-order valence-electron chi connectivity index (χ3n) is 3.73. The van der Waals surface area contributed by atoms with E-state index in [2.05, 4.69) is 5.32 Å².